The number of rotatable bonds is 4. The van der Waals surface area contributed by atoms with Crippen LogP contribution in [-0.2, 0) is 6.54 Å². The Bertz CT molecular complexity index is 634. The molecule has 2 aromatic rings. The molecule has 0 unspecified atom stereocenters. The second-order valence-corrected chi connectivity index (χ2v) is 6.68. The fourth-order valence-electron chi connectivity index (χ4n) is 2.18. The molecule has 0 spiro atoms. The summed E-state index contributed by atoms with van der Waals surface area (Å²) in [5, 5.41) is 0.587. The van der Waals surface area contributed by atoms with Gasteiger partial charge >= 0.3 is 0 Å². The van der Waals surface area contributed by atoms with Gasteiger partial charge in [0.1, 0.15) is 5.69 Å². The predicted octanol–water partition coefficient (Wildman–Crippen LogP) is 4.76. The number of halogens is 2. The number of carbonyl (C=O) groups excluding carboxylic acids is 1. The van der Waals surface area contributed by atoms with Crippen molar-refractivity contribution in [2.45, 2.75) is 26.4 Å². The first-order valence-electron chi connectivity index (χ1n) is 6.75. The Kier molecular flexibility index (Phi) is 5.12. The molecular weight excluding hydrogens is 352 g/mol. The number of benzene rings is 1. The Morgan fingerprint density at radius 1 is 1.33 bits per heavy atom. The molecule has 1 heterocycles. The van der Waals surface area contributed by atoms with Gasteiger partial charge in [-0.1, -0.05) is 39.7 Å². The minimum Gasteiger partial charge on any atom is -0.339 e. The van der Waals surface area contributed by atoms with Crippen molar-refractivity contribution < 1.29 is 4.79 Å². The quantitative estimate of drug-likeness (QED) is 0.763. The van der Waals surface area contributed by atoms with E-state index in [4.69, 9.17) is 11.6 Å². The highest BCUT2D eigenvalue weighted by Crippen LogP contribution is 2.21. The highest BCUT2D eigenvalue weighted by Gasteiger charge is 2.18. The van der Waals surface area contributed by atoms with Gasteiger partial charge in [0.15, 0.2) is 0 Å². The molecule has 0 aliphatic heterocycles. The SMILES string of the molecule is CC(C)n1cc(Cl)cc1C(=O)N(C)Cc1ccc(Br)cc1. The molecule has 0 saturated heterocycles. The van der Waals surface area contributed by atoms with Crippen molar-refractivity contribution in [3.8, 4) is 0 Å². The summed E-state index contributed by atoms with van der Waals surface area (Å²) in [6, 6.07) is 9.87. The molecule has 0 aliphatic rings. The summed E-state index contributed by atoms with van der Waals surface area (Å²) >= 11 is 9.45. The van der Waals surface area contributed by atoms with Gasteiger partial charge in [0.2, 0.25) is 0 Å². The summed E-state index contributed by atoms with van der Waals surface area (Å²) in [7, 11) is 1.80. The zero-order valence-electron chi connectivity index (χ0n) is 12.3. The van der Waals surface area contributed by atoms with Crippen LogP contribution in [0.15, 0.2) is 41.0 Å². The van der Waals surface area contributed by atoms with Crippen LogP contribution in [0.25, 0.3) is 0 Å². The molecule has 0 atom stereocenters. The van der Waals surface area contributed by atoms with Crippen molar-refractivity contribution in [2.24, 2.45) is 0 Å². The third-order valence-corrected chi connectivity index (χ3v) is 4.01. The van der Waals surface area contributed by atoms with Crippen LogP contribution in [0.1, 0.15) is 35.9 Å². The lowest BCUT2D eigenvalue weighted by Crippen LogP contribution is -2.28. The van der Waals surface area contributed by atoms with E-state index in [1.54, 1.807) is 24.2 Å². The van der Waals surface area contributed by atoms with Crippen LogP contribution in [0.2, 0.25) is 5.02 Å². The first kappa shape index (κ1) is 16.1. The molecular formula is C16H18BrClN2O. The van der Waals surface area contributed by atoms with Crippen LogP contribution in [0, 0.1) is 0 Å². The lowest BCUT2D eigenvalue weighted by molar-refractivity contribution is 0.0772. The third kappa shape index (κ3) is 3.89. The molecule has 1 amide bonds. The van der Waals surface area contributed by atoms with Gasteiger partial charge in [-0.3, -0.25) is 4.79 Å². The Morgan fingerprint density at radius 2 is 1.95 bits per heavy atom. The first-order chi connectivity index (χ1) is 9.88. The Balaban J connectivity index is 2.17. The molecule has 112 valence electrons. The summed E-state index contributed by atoms with van der Waals surface area (Å²) in [5.41, 5.74) is 1.71. The Labute approximate surface area is 138 Å². The van der Waals surface area contributed by atoms with Gasteiger partial charge in [0.05, 0.1) is 5.02 Å². The summed E-state index contributed by atoms with van der Waals surface area (Å²) in [4.78, 5) is 14.3. The molecule has 0 fully saturated rings. The van der Waals surface area contributed by atoms with Crippen molar-refractivity contribution >= 4 is 33.4 Å². The topological polar surface area (TPSA) is 25.2 Å². The summed E-state index contributed by atoms with van der Waals surface area (Å²) in [5.74, 6) is -0.0291. The standard InChI is InChI=1S/C16H18BrClN2O/c1-11(2)20-10-14(18)8-15(20)16(21)19(3)9-12-4-6-13(17)7-5-12/h4-8,10-11H,9H2,1-3H3. The van der Waals surface area contributed by atoms with E-state index in [1.807, 2.05) is 42.7 Å². The van der Waals surface area contributed by atoms with Gasteiger partial charge in [0.25, 0.3) is 5.91 Å². The van der Waals surface area contributed by atoms with E-state index in [2.05, 4.69) is 15.9 Å². The predicted molar refractivity (Wildman–Crippen MR) is 89.8 cm³/mol. The highest BCUT2D eigenvalue weighted by molar-refractivity contribution is 9.10. The fraction of sp³-hybridized carbons (Fsp3) is 0.312. The van der Waals surface area contributed by atoms with Gasteiger partial charge in [0, 0.05) is 30.3 Å². The van der Waals surface area contributed by atoms with E-state index < -0.39 is 0 Å². The third-order valence-electron chi connectivity index (χ3n) is 3.27. The van der Waals surface area contributed by atoms with Crippen LogP contribution in [-0.4, -0.2) is 22.4 Å². The van der Waals surface area contributed by atoms with Crippen LogP contribution in [0.3, 0.4) is 0 Å². The summed E-state index contributed by atoms with van der Waals surface area (Å²) in [6.45, 7) is 4.62. The van der Waals surface area contributed by atoms with Crippen molar-refractivity contribution in [2.75, 3.05) is 7.05 Å². The number of carbonyl (C=O) groups is 1. The molecule has 0 aliphatic carbocycles. The fourth-order valence-corrected chi connectivity index (χ4v) is 2.65. The average Bonchev–Trinajstić information content (AvgIpc) is 2.82. The minimum absolute atomic E-state index is 0.0291. The normalized spacial score (nSPS) is 11.0. The number of aromatic nitrogens is 1. The van der Waals surface area contributed by atoms with E-state index in [-0.39, 0.29) is 11.9 Å². The number of nitrogens with zero attached hydrogens (tertiary/aromatic N) is 2. The molecule has 0 radical (unpaired) electrons. The van der Waals surface area contributed by atoms with Gasteiger partial charge in [-0.15, -0.1) is 0 Å². The van der Waals surface area contributed by atoms with Crippen LogP contribution < -0.4 is 0 Å². The van der Waals surface area contributed by atoms with E-state index in [1.165, 1.54) is 0 Å². The first-order valence-corrected chi connectivity index (χ1v) is 7.93. The van der Waals surface area contributed by atoms with E-state index in [0.29, 0.717) is 17.3 Å². The number of hydrogen-bond donors (Lipinski definition) is 0. The van der Waals surface area contributed by atoms with Crippen molar-refractivity contribution in [1.82, 2.24) is 9.47 Å². The summed E-state index contributed by atoms with van der Waals surface area (Å²) < 4.78 is 2.93. The maximum Gasteiger partial charge on any atom is 0.270 e. The molecule has 0 bridgehead atoms. The van der Waals surface area contributed by atoms with E-state index >= 15 is 0 Å². The molecule has 0 N–H and O–H groups in total. The van der Waals surface area contributed by atoms with Gasteiger partial charge < -0.3 is 9.47 Å². The molecule has 2 rings (SSSR count). The van der Waals surface area contributed by atoms with E-state index in [0.717, 1.165) is 10.0 Å². The molecule has 1 aromatic carbocycles. The molecule has 21 heavy (non-hydrogen) atoms. The van der Waals surface area contributed by atoms with Crippen molar-refractivity contribution in [1.29, 1.82) is 0 Å². The smallest absolute Gasteiger partial charge is 0.270 e. The maximum atomic E-state index is 12.6. The van der Waals surface area contributed by atoms with Crippen LogP contribution in [0.5, 0.6) is 0 Å². The molecule has 5 heteroatoms. The monoisotopic (exact) mass is 368 g/mol. The second kappa shape index (κ2) is 6.67. The Morgan fingerprint density at radius 3 is 2.52 bits per heavy atom. The molecule has 3 nitrogen and oxygen atoms in total. The molecule has 1 aromatic heterocycles. The van der Waals surface area contributed by atoms with Crippen molar-refractivity contribution in [3.05, 3.63) is 57.3 Å². The van der Waals surface area contributed by atoms with Crippen LogP contribution >= 0.6 is 27.5 Å². The highest BCUT2D eigenvalue weighted by atomic mass is 79.9. The van der Waals surface area contributed by atoms with Gasteiger partial charge in [-0.05, 0) is 37.6 Å². The zero-order valence-corrected chi connectivity index (χ0v) is 14.6. The number of amides is 1. The number of hydrogen-bond acceptors (Lipinski definition) is 1. The van der Waals surface area contributed by atoms with E-state index in [9.17, 15) is 4.79 Å². The van der Waals surface area contributed by atoms with Gasteiger partial charge in [-0.2, -0.15) is 0 Å². The van der Waals surface area contributed by atoms with Crippen molar-refractivity contribution in [3.63, 3.8) is 0 Å². The summed E-state index contributed by atoms with van der Waals surface area (Å²) in [6.07, 6.45) is 1.80. The zero-order chi connectivity index (χ0) is 15.6. The lowest BCUT2D eigenvalue weighted by Gasteiger charge is -2.20. The maximum absolute atomic E-state index is 12.6. The minimum atomic E-state index is -0.0291. The largest absolute Gasteiger partial charge is 0.339 e. The average molecular weight is 370 g/mol. The second-order valence-electron chi connectivity index (χ2n) is 5.33. The van der Waals surface area contributed by atoms with Crippen LogP contribution in [0.4, 0.5) is 0 Å². The molecule has 0 saturated carbocycles. The van der Waals surface area contributed by atoms with Gasteiger partial charge in [-0.25, -0.2) is 0 Å². The lowest BCUT2D eigenvalue weighted by atomic mass is 10.2. The Hall–Kier alpha value is -1.26.